The molecule has 1 spiro atoms. The topological polar surface area (TPSA) is 73.0 Å². The summed E-state index contributed by atoms with van der Waals surface area (Å²) in [7, 11) is 0. The fourth-order valence-corrected chi connectivity index (χ4v) is 4.82. The maximum Gasteiger partial charge on any atom is 0.325 e. The van der Waals surface area contributed by atoms with Crippen molar-refractivity contribution in [3.63, 3.8) is 0 Å². The molecule has 3 aliphatic heterocycles. The Morgan fingerprint density at radius 2 is 1.72 bits per heavy atom. The number of carbonyl (C=O) groups excluding carboxylic acids is 3. The van der Waals surface area contributed by atoms with E-state index in [1.807, 2.05) is 35.2 Å². The molecule has 0 aromatic heterocycles. The number of benzene rings is 1. The molecule has 1 aromatic carbocycles. The Morgan fingerprint density at radius 3 is 2.34 bits per heavy atom. The first-order chi connectivity index (χ1) is 14.0. The summed E-state index contributed by atoms with van der Waals surface area (Å²) in [5.74, 6) is 0.0440. The lowest BCUT2D eigenvalue weighted by Gasteiger charge is -2.38. The average Bonchev–Trinajstić information content (AvgIpc) is 2.99. The van der Waals surface area contributed by atoms with Crippen LogP contribution in [-0.4, -0.2) is 76.8 Å². The number of urea groups is 1. The molecule has 0 bridgehead atoms. The van der Waals surface area contributed by atoms with Gasteiger partial charge in [-0.15, -0.1) is 0 Å². The van der Waals surface area contributed by atoms with Crippen LogP contribution >= 0.6 is 0 Å². The van der Waals surface area contributed by atoms with Gasteiger partial charge in [-0.1, -0.05) is 37.3 Å². The van der Waals surface area contributed by atoms with Crippen LogP contribution in [0.2, 0.25) is 0 Å². The third kappa shape index (κ3) is 3.88. The minimum Gasteiger partial charge on any atom is -0.342 e. The number of imide groups is 1. The Labute approximate surface area is 172 Å². The molecule has 29 heavy (non-hydrogen) atoms. The third-order valence-electron chi connectivity index (χ3n) is 6.73. The SMILES string of the molecule is CCN1CCC2(CC1)NC(=O)N(C1CCN(C(=O)Cc3ccccc3)CC1)C2=O. The molecule has 1 N–H and O–H groups in total. The van der Waals surface area contributed by atoms with Crippen molar-refractivity contribution < 1.29 is 14.4 Å². The van der Waals surface area contributed by atoms with Gasteiger partial charge in [0, 0.05) is 32.2 Å². The van der Waals surface area contributed by atoms with E-state index >= 15 is 0 Å². The van der Waals surface area contributed by atoms with E-state index in [4.69, 9.17) is 0 Å². The highest BCUT2D eigenvalue weighted by Gasteiger charge is 2.54. The third-order valence-corrected chi connectivity index (χ3v) is 6.73. The number of hydrogen-bond acceptors (Lipinski definition) is 4. The van der Waals surface area contributed by atoms with Crippen LogP contribution in [0.1, 0.15) is 38.2 Å². The number of piperidine rings is 2. The Balaban J connectivity index is 1.34. The highest BCUT2D eigenvalue weighted by molar-refractivity contribution is 6.07. The largest absolute Gasteiger partial charge is 0.342 e. The van der Waals surface area contributed by atoms with Crippen molar-refractivity contribution in [3.8, 4) is 0 Å². The molecule has 3 saturated heterocycles. The quantitative estimate of drug-likeness (QED) is 0.783. The summed E-state index contributed by atoms with van der Waals surface area (Å²) in [6.45, 7) is 5.93. The molecule has 4 rings (SSSR count). The number of rotatable bonds is 4. The minimum absolute atomic E-state index is 0.0627. The van der Waals surface area contributed by atoms with Crippen LogP contribution < -0.4 is 5.32 Å². The van der Waals surface area contributed by atoms with Gasteiger partial charge < -0.3 is 15.1 Å². The molecule has 0 radical (unpaired) electrons. The zero-order valence-corrected chi connectivity index (χ0v) is 17.1. The molecule has 3 aliphatic rings. The molecule has 7 heteroatoms. The lowest BCUT2D eigenvalue weighted by Crippen LogP contribution is -2.55. The van der Waals surface area contributed by atoms with E-state index in [-0.39, 0.29) is 23.9 Å². The molecule has 4 amide bonds. The van der Waals surface area contributed by atoms with E-state index in [1.165, 1.54) is 4.90 Å². The minimum atomic E-state index is -0.719. The van der Waals surface area contributed by atoms with Gasteiger partial charge in [0.15, 0.2) is 0 Å². The summed E-state index contributed by atoms with van der Waals surface area (Å²) < 4.78 is 0. The summed E-state index contributed by atoms with van der Waals surface area (Å²) in [6.07, 6.45) is 3.05. The van der Waals surface area contributed by atoms with Crippen LogP contribution in [0.15, 0.2) is 30.3 Å². The first kappa shape index (κ1) is 19.9. The number of amides is 4. The summed E-state index contributed by atoms with van der Waals surface area (Å²) in [4.78, 5) is 44.1. The van der Waals surface area contributed by atoms with Gasteiger partial charge in [-0.25, -0.2) is 4.79 Å². The lowest BCUT2D eigenvalue weighted by molar-refractivity contribution is -0.136. The zero-order chi connectivity index (χ0) is 20.4. The molecular formula is C22H30N4O3. The fraction of sp³-hybridized carbons (Fsp3) is 0.591. The maximum absolute atomic E-state index is 13.2. The Bertz CT molecular complexity index is 766. The maximum atomic E-state index is 13.2. The summed E-state index contributed by atoms with van der Waals surface area (Å²) >= 11 is 0. The first-order valence-electron chi connectivity index (χ1n) is 10.7. The first-order valence-corrected chi connectivity index (χ1v) is 10.7. The Morgan fingerprint density at radius 1 is 1.07 bits per heavy atom. The van der Waals surface area contributed by atoms with Gasteiger partial charge in [0.25, 0.3) is 5.91 Å². The van der Waals surface area contributed by atoms with Crippen molar-refractivity contribution in [1.82, 2.24) is 20.0 Å². The van der Waals surface area contributed by atoms with Crippen molar-refractivity contribution in [1.29, 1.82) is 0 Å². The number of carbonyl (C=O) groups is 3. The van der Waals surface area contributed by atoms with Gasteiger partial charge in [-0.05, 0) is 37.8 Å². The molecule has 0 aliphatic carbocycles. The number of likely N-dealkylation sites (tertiary alicyclic amines) is 2. The molecule has 7 nitrogen and oxygen atoms in total. The predicted octanol–water partition coefficient (Wildman–Crippen LogP) is 1.63. The second-order valence-corrected chi connectivity index (χ2v) is 8.40. The molecular weight excluding hydrogens is 368 g/mol. The highest BCUT2D eigenvalue weighted by atomic mass is 16.2. The molecule has 0 saturated carbocycles. The van der Waals surface area contributed by atoms with Gasteiger partial charge in [0.05, 0.1) is 6.42 Å². The Kier molecular flexibility index (Phi) is 5.58. The lowest BCUT2D eigenvalue weighted by atomic mass is 9.87. The van der Waals surface area contributed by atoms with E-state index in [2.05, 4.69) is 17.1 Å². The van der Waals surface area contributed by atoms with Crippen LogP contribution in [0, 0.1) is 0 Å². The van der Waals surface area contributed by atoms with Crippen molar-refractivity contribution in [3.05, 3.63) is 35.9 Å². The normalized spacial score (nSPS) is 22.9. The fourth-order valence-electron chi connectivity index (χ4n) is 4.82. The Hall–Kier alpha value is -2.41. The zero-order valence-electron chi connectivity index (χ0n) is 17.1. The summed E-state index contributed by atoms with van der Waals surface area (Å²) in [6, 6.07) is 9.36. The standard InChI is InChI=1S/C22H30N4O3/c1-2-24-14-10-22(11-15-24)20(28)26(21(29)23-22)18-8-12-25(13-9-18)19(27)16-17-6-4-3-5-7-17/h3-7,18H,2,8-16H2,1H3,(H,23,29). The van der Waals surface area contributed by atoms with Gasteiger partial charge in [-0.2, -0.15) is 0 Å². The van der Waals surface area contributed by atoms with Crippen molar-refractivity contribution >= 4 is 17.8 Å². The van der Waals surface area contributed by atoms with Crippen LogP contribution in [0.3, 0.4) is 0 Å². The van der Waals surface area contributed by atoms with Gasteiger partial charge in [0.2, 0.25) is 5.91 Å². The van der Waals surface area contributed by atoms with Crippen molar-refractivity contribution in [2.24, 2.45) is 0 Å². The molecule has 3 heterocycles. The molecule has 156 valence electrons. The molecule has 0 atom stereocenters. The van der Waals surface area contributed by atoms with Crippen molar-refractivity contribution in [2.75, 3.05) is 32.7 Å². The van der Waals surface area contributed by atoms with Gasteiger partial charge in [0.1, 0.15) is 5.54 Å². The van der Waals surface area contributed by atoms with Crippen molar-refractivity contribution in [2.45, 2.75) is 50.6 Å². The van der Waals surface area contributed by atoms with Gasteiger partial charge in [-0.3, -0.25) is 14.5 Å². The average molecular weight is 399 g/mol. The van der Waals surface area contributed by atoms with Crippen LogP contribution in [0.25, 0.3) is 0 Å². The van der Waals surface area contributed by atoms with Crippen LogP contribution in [0.4, 0.5) is 4.79 Å². The molecule has 1 aromatic rings. The van der Waals surface area contributed by atoms with E-state index in [1.54, 1.807) is 0 Å². The summed E-state index contributed by atoms with van der Waals surface area (Å²) in [5.41, 5.74) is 0.289. The molecule has 3 fully saturated rings. The van der Waals surface area contributed by atoms with E-state index in [9.17, 15) is 14.4 Å². The van der Waals surface area contributed by atoms with Crippen LogP contribution in [0.5, 0.6) is 0 Å². The second-order valence-electron chi connectivity index (χ2n) is 8.40. The van der Waals surface area contributed by atoms with E-state index in [0.717, 1.165) is 25.2 Å². The number of hydrogen-bond donors (Lipinski definition) is 1. The number of nitrogens with one attached hydrogen (secondary N) is 1. The predicted molar refractivity (Wildman–Crippen MR) is 109 cm³/mol. The van der Waals surface area contributed by atoms with E-state index < -0.39 is 5.54 Å². The summed E-state index contributed by atoms with van der Waals surface area (Å²) in [5, 5.41) is 3.01. The number of nitrogens with zero attached hydrogens (tertiary/aromatic N) is 3. The van der Waals surface area contributed by atoms with Crippen LogP contribution in [-0.2, 0) is 16.0 Å². The smallest absolute Gasteiger partial charge is 0.325 e. The second kappa shape index (κ2) is 8.14. The van der Waals surface area contributed by atoms with E-state index in [0.29, 0.717) is 45.2 Å². The highest BCUT2D eigenvalue weighted by Crippen LogP contribution is 2.32. The van der Waals surface area contributed by atoms with Gasteiger partial charge >= 0.3 is 6.03 Å². The molecule has 0 unspecified atom stereocenters. The monoisotopic (exact) mass is 398 g/mol.